The molecule has 3 aromatic rings. The molecular formula is C18H15F3N4O2. The van der Waals surface area contributed by atoms with E-state index in [9.17, 15) is 23.1 Å². The summed E-state index contributed by atoms with van der Waals surface area (Å²) in [4.78, 5) is 16.4. The van der Waals surface area contributed by atoms with Crippen LogP contribution in [0.3, 0.4) is 0 Å². The highest BCUT2D eigenvalue weighted by Gasteiger charge is 2.35. The van der Waals surface area contributed by atoms with E-state index in [-0.39, 0.29) is 40.7 Å². The van der Waals surface area contributed by atoms with E-state index in [4.69, 9.17) is 5.73 Å². The van der Waals surface area contributed by atoms with Gasteiger partial charge < -0.3 is 10.8 Å². The number of halogens is 3. The lowest BCUT2D eigenvalue weighted by Gasteiger charge is -2.08. The van der Waals surface area contributed by atoms with Crippen LogP contribution in [0.5, 0.6) is 5.75 Å². The zero-order chi connectivity index (χ0) is 19.8. The Labute approximate surface area is 152 Å². The van der Waals surface area contributed by atoms with Crippen molar-refractivity contribution in [2.24, 2.45) is 7.05 Å². The van der Waals surface area contributed by atoms with Crippen LogP contribution in [0.25, 0.3) is 11.3 Å². The summed E-state index contributed by atoms with van der Waals surface area (Å²) in [5.74, 6) is -0.476. The van der Waals surface area contributed by atoms with Crippen molar-refractivity contribution in [1.82, 2.24) is 14.8 Å². The second-order valence-corrected chi connectivity index (χ2v) is 5.89. The Morgan fingerprint density at radius 3 is 2.52 bits per heavy atom. The molecule has 140 valence electrons. The van der Waals surface area contributed by atoms with Gasteiger partial charge in [0.2, 0.25) is 0 Å². The third-order valence-corrected chi connectivity index (χ3v) is 4.00. The number of carbonyl (C=O) groups excluding carboxylic acids is 1. The van der Waals surface area contributed by atoms with Crippen LogP contribution in [0.2, 0.25) is 0 Å². The highest BCUT2D eigenvalue weighted by Crippen LogP contribution is 2.33. The SMILES string of the molecule is Cn1nc(C(F)(F)F)cc1-c1ccc(C(=O)Cc2ccccc2O)nc1N. The first kappa shape index (κ1) is 18.4. The molecule has 3 N–H and O–H groups in total. The summed E-state index contributed by atoms with van der Waals surface area (Å²) in [7, 11) is 1.36. The number of benzene rings is 1. The number of ketones is 1. The van der Waals surface area contributed by atoms with Crippen molar-refractivity contribution in [2.45, 2.75) is 12.6 Å². The molecule has 0 radical (unpaired) electrons. The van der Waals surface area contributed by atoms with Crippen molar-refractivity contribution in [3.05, 3.63) is 59.4 Å². The number of hydrogen-bond acceptors (Lipinski definition) is 5. The van der Waals surface area contributed by atoms with E-state index < -0.39 is 11.9 Å². The number of aromatic hydroxyl groups is 1. The zero-order valence-corrected chi connectivity index (χ0v) is 14.2. The van der Waals surface area contributed by atoms with Gasteiger partial charge in [-0.15, -0.1) is 0 Å². The number of hydrogen-bond donors (Lipinski definition) is 2. The van der Waals surface area contributed by atoms with E-state index in [1.807, 2.05) is 0 Å². The Balaban J connectivity index is 1.89. The third-order valence-electron chi connectivity index (χ3n) is 4.00. The summed E-state index contributed by atoms with van der Waals surface area (Å²) in [5, 5.41) is 13.2. The maximum atomic E-state index is 12.8. The average Bonchev–Trinajstić information content (AvgIpc) is 2.99. The molecule has 0 aliphatic heterocycles. The van der Waals surface area contributed by atoms with Gasteiger partial charge in [-0.2, -0.15) is 18.3 Å². The number of pyridine rings is 1. The second kappa shape index (κ2) is 6.75. The molecule has 0 bridgehead atoms. The van der Waals surface area contributed by atoms with Gasteiger partial charge >= 0.3 is 6.18 Å². The molecule has 0 unspecified atom stereocenters. The molecule has 1 aromatic carbocycles. The molecule has 2 heterocycles. The molecule has 2 aromatic heterocycles. The molecule has 3 rings (SSSR count). The molecular weight excluding hydrogens is 361 g/mol. The van der Waals surface area contributed by atoms with Gasteiger partial charge in [0.1, 0.15) is 17.3 Å². The van der Waals surface area contributed by atoms with Crippen LogP contribution in [0.1, 0.15) is 21.7 Å². The number of carbonyl (C=O) groups is 1. The molecule has 0 saturated carbocycles. The summed E-state index contributed by atoms with van der Waals surface area (Å²) in [6.45, 7) is 0. The fraction of sp³-hybridized carbons (Fsp3) is 0.167. The minimum Gasteiger partial charge on any atom is -0.508 e. The molecule has 0 amide bonds. The van der Waals surface area contributed by atoms with E-state index in [0.29, 0.717) is 5.56 Å². The first-order valence-corrected chi connectivity index (χ1v) is 7.85. The van der Waals surface area contributed by atoms with Gasteiger partial charge in [-0.05, 0) is 24.3 Å². The average molecular weight is 376 g/mol. The Morgan fingerprint density at radius 1 is 1.22 bits per heavy atom. The summed E-state index contributed by atoms with van der Waals surface area (Å²) >= 11 is 0. The van der Waals surface area contributed by atoms with Crippen LogP contribution < -0.4 is 5.73 Å². The van der Waals surface area contributed by atoms with Gasteiger partial charge in [0.05, 0.1) is 5.69 Å². The molecule has 0 saturated heterocycles. The number of nitrogen functional groups attached to an aromatic ring is 1. The van der Waals surface area contributed by atoms with Crippen molar-refractivity contribution < 1.29 is 23.1 Å². The summed E-state index contributed by atoms with van der Waals surface area (Å²) in [5.41, 5.74) is 5.68. The largest absolute Gasteiger partial charge is 0.508 e. The number of rotatable bonds is 4. The maximum absolute atomic E-state index is 12.8. The van der Waals surface area contributed by atoms with Crippen LogP contribution in [-0.2, 0) is 19.6 Å². The molecule has 0 atom stereocenters. The topological polar surface area (TPSA) is 94.0 Å². The monoisotopic (exact) mass is 376 g/mol. The number of nitrogens with zero attached hydrogens (tertiary/aromatic N) is 3. The van der Waals surface area contributed by atoms with Crippen molar-refractivity contribution in [3.63, 3.8) is 0 Å². The Morgan fingerprint density at radius 2 is 1.93 bits per heavy atom. The van der Waals surface area contributed by atoms with Crippen molar-refractivity contribution in [2.75, 3.05) is 5.73 Å². The quantitative estimate of drug-likeness (QED) is 0.682. The van der Waals surface area contributed by atoms with Gasteiger partial charge in [0.25, 0.3) is 0 Å². The number of aromatic nitrogens is 3. The van der Waals surface area contributed by atoms with Crippen molar-refractivity contribution in [1.29, 1.82) is 0 Å². The predicted molar refractivity (Wildman–Crippen MR) is 92.0 cm³/mol. The fourth-order valence-corrected chi connectivity index (χ4v) is 2.63. The van der Waals surface area contributed by atoms with E-state index >= 15 is 0 Å². The lowest BCUT2D eigenvalue weighted by Crippen LogP contribution is -2.09. The Kier molecular flexibility index (Phi) is 4.61. The van der Waals surface area contributed by atoms with Crippen LogP contribution in [0, 0.1) is 0 Å². The number of aryl methyl sites for hydroxylation is 1. The lowest BCUT2D eigenvalue weighted by atomic mass is 10.0. The van der Waals surface area contributed by atoms with E-state index in [1.54, 1.807) is 18.2 Å². The highest BCUT2D eigenvalue weighted by molar-refractivity contribution is 5.97. The Bertz CT molecular complexity index is 1010. The van der Waals surface area contributed by atoms with Gasteiger partial charge in [-0.1, -0.05) is 18.2 Å². The number of Topliss-reactive ketones (excluding diaryl/α,β-unsaturated/α-hetero) is 1. The fourth-order valence-electron chi connectivity index (χ4n) is 2.63. The van der Waals surface area contributed by atoms with Crippen molar-refractivity contribution >= 4 is 11.6 Å². The van der Waals surface area contributed by atoms with Gasteiger partial charge in [-0.25, -0.2) is 4.98 Å². The molecule has 9 heteroatoms. The minimum absolute atomic E-state index is 0.00925. The Hall–Kier alpha value is -3.36. The first-order valence-electron chi connectivity index (χ1n) is 7.85. The van der Waals surface area contributed by atoms with Crippen LogP contribution in [0.15, 0.2) is 42.5 Å². The minimum atomic E-state index is -4.58. The number of phenolic OH excluding ortho intramolecular Hbond substituents is 1. The van der Waals surface area contributed by atoms with Crippen molar-refractivity contribution in [3.8, 4) is 17.0 Å². The van der Waals surface area contributed by atoms with Crippen LogP contribution in [0.4, 0.5) is 19.0 Å². The standard InChI is InChI=1S/C18H15F3N4O2/c1-25-13(9-16(24-25)18(19,20)21)11-6-7-12(23-17(11)22)15(27)8-10-4-2-3-5-14(10)26/h2-7,9,26H,8H2,1H3,(H2,22,23). The first-order chi connectivity index (χ1) is 12.7. The molecule has 27 heavy (non-hydrogen) atoms. The maximum Gasteiger partial charge on any atom is 0.435 e. The van der Waals surface area contributed by atoms with E-state index in [2.05, 4.69) is 10.1 Å². The predicted octanol–water partition coefficient (Wildman–Crippen LogP) is 3.21. The number of alkyl halides is 3. The third kappa shape index (κ3) is 3.76. The van der Waals surface area contributed by atoms with Crippen LogP contribution in [-0.4, -0.2) is 25.7 Å². The normalized spacial score (nSPS) is 11.6. The number of para-hydroxylation sites is 1. The summed E-state index contributed by atoms with van der Waals surface area (Å²) in [6.07, 6.45) is -4.66. The molecule has 0 spiro atoms. The van der Waals surface area contributed by atoms with E-state index in [0.717, 1.165) is 10.7 Å². The molecule has 0 fully saturated rings. The summed E-state index contributed by atoms with van der Waals surface area (Å²) < 4.78 is 39.5. The van der Waals surface area contributed by atoms with Gasteiger partial charge in [-0.3, -0.25) is 9.48 Å². The smallest absolute Gasteiger partial charge is 0.435 e. The number of nitrogens with two attached hydrogens (primary N) is 1. The summed E-state index contributed by atoms with van der Waals surface area (Å²) in [6, 6.07) is 10.1. The van der Waals surface area contributed by atoms with E-state index in [1.165, 1.54) is 25.2 Å². The van der Waals surface area contributed by atoms with Crippen LogP contribution >= 0.6 is 0 Å². The van der Waals surface area contributed by atoms with Gasteiger partial charge in [0.15, 0.2) is 11.5 Å². The lowest BCUT2D eigenvalue weighted by molar-refractivity contribution is -0.141. The second-order valence-electron chi connectivity index (χ2n) is 5.89. The van der Waals surface area contributed by atoms with Gasteiger partial charge in [0, 0.05) is 24.6 Å². The highest BCUT2D eigenvalue weighted by atomic mass is 19.4. The zero-order valence-electron chi connectivity index (χ0n) is 14.2. The molecule has 0 aliphatic rings. The molecule has 0 aliphatic carbocycles. The number of phenols is 1. The number of anilines is 1. The molecule has 6 nitrogen and oxygen atoms in total.